The summed E-state index contributed by atoms with van der Waals surface area (Å²) in [5, 5.41) is 6.04. The van der Waals surface area contributed by atoms with Gasteiger partial charge in [0.25, 0.3) is 0 Å². The average molecular weight is 413 g/mol. The molecule has 28 heavy (non-hydrogen) atoms. The Bertz CT molecular complexity index is 610. The van der Waals surface area contributed by atoms with Gasteiger partial charge in [-0.2, -0.15) is 0 Å². The highest BCUT2D eigenvalue weighted by atomic mass is 31.1. The van der Waals surface area contributed by atoms with E-state index in [-0.39, 0.29) is 6.10 Å². The Balaban J connectivity index is 2.07. The molecule has 8 nitrogen and oxygen atoms in total. The summed E-state index contributed by atoms with van der Waals surface area (Å²) >= 11 is 0. The van der Waals surface area contributed by atoms with E-state index in [4.69, 9.17) is 14.0 Å². The lowest BCUT2D eigenvalue weighted by atomic mass is 10.0. The molecule has 0 bridgehead atoms. The van der Waals surface area contributed by atoms with E-state index >= 15 is 0 Å². The monoisotopic (exact) mass is 413 g/mol. The fraction of sp³-hybridized carbons (Fsp3) is 0.632. The molecule has 1 aliphatic rings. The lowest BCUT2D eigenvalue weighted by molar-refractivity contribution is 0.0719. The van der Waals surface area contributed by atoms with E-state index in [0.29, 0.717) is 38.5 Å². The fourth-order valence-electron chi connectivity index (χ4n) is 2.97. The summed E-state index contributed by atoms with van der Waals surface area (Å²) in [6, 6.07) is 9.04. The third-order valence-corrected chi connectivity index (χ3v) is 4.79. The summed E-state index contributed by atoms with van der Waals surface area (Å²) in [7, 11) is -2.82. The lowest BCUT2D eigenvalue weighted by Crippen LogP contribution is -2.50. The van der Waals surface area contributed by atoms with Crippen LogP contribution in [0.1, 0.15) is 25.8 Å². The van der Waals surface area contributed by atoms with Crippen LogP contribution in [-0.2, 0) is 25.0 Å². The van der Waals surface area contributed by atoms with Gasteiger partial charge < -0.3 is 20.1 Å². The maximum absolute atomic E-state index is 12.4. The largest absolute Gasteiger partial charge is 0.695 e. The zero-order valence-electron chi connectivity index (χ0n) is 16.4. The maximum atomic E-state index is 12.4. The number of carbonyl (C=O) groups excluding carboxylic acids is 1. The van der Waals surface area contributed by atoms with E-state index < -0.39 is 26.5 Å². The summed E-state index contributed by atoms with van der Waals surface area (Å²) in [6.45, 7) is 6.14. The number of alkyl carbamates (subject to hydrolysis) is 1. The first-order valence-corrected chi connectivity index (χ1v) is 10.7. The molecule has 2 rings (SSSR count). The summed E-state index contributed by atoms with van der Waals surface area (Å²) in [6.07, 6.45) is -0.448. The van der Waals surface area contributed by atoms with Gasteiger partial charge in [-0.15, -0.1) is 9.42 Å². The van der Waals surface area contributed by atoms with Crippen molar-refractivity contribution in [2.24, 2.45) is 5.92 Å². The van der Waals surface area contributed by atoms with Crippen molar-refractivity contribution in [2.75, 3.05) is 26.3 Å². The Morgan fingerprint density at radius 2 is 2.07 bits per heavy atom. The van der Waals surface area contributed by atoms with Crippen LogP contribution in [0.25, 0.3) is 0 Å². The number of ether oxygens (including phenoxy) is 2. The normalized spacial score (nSPS) is 19.3. The molecular weight excluding hydrogens is 383 g/mol. The van der Waals surface area contributed by atoms with Crippen LogP contribution >= 0.6 is 8.25 Å². The van der Waals surface area contributed by atoms with E-state index in [1.807, 2.05) is 30.3 Å². The van der Waals surface area contributed by atoms with Crippen LogP contribution in [0.4, 0.5) is 4.79 Å². The van der Waals surface area contributed by atoms with Gasteiger partial charge in [0.15, 0.2) is 0 Å². The number of rotatable bonds is 11. The summed E-state index contributed by atoms with van der Waals surface area (Å²) in [5.74, 6) is 0.413. The Labute approximate surface area is 166 Å². The van der Waals surface area contributed by atoms with Gasteiger partial charge in [-0.3, -0.25) is 0 Å². The second-order valence-electron chi connectivity index (χ2n) is 7.27. The molecular formula is C19H30N2O6P+. The molecule has 1 saturated heterocycles. The number of hydrogen-bond donors (Lipinski definition) is 3. The average Bonchev–Trinajstić information content (AvgIpc) is 3.13. The van der Waals surface area contributed by atoms with E-state index in [9.17, 15) is 14.3 Å². The van der Waals surface area contributed by atoms with Crippen LogP contribution < -0.4 is 10.6 Å². The van der Waals surface area contributed by atoms with Crippen molar-refractivity contribution in [3.8, 4) is 0 Å². The van der Waals surface area contributed by atoms with Crippen molar-refractivity contribution >= 4 is 14.3 Å². The van der Waals surface area contributed by atoms with E-state index in [1.165, 1.54) is 0 Å². The minimum atomic E-state index is -2.82. The Morgan fingerprint density at radius 3 is 2.68 bits per heavy atom. The van der Waals surface area contributed by atoms with E-state index in [2.05, 4.69) is 24.5 Å². The first-order valence-electron chi connectivity index (χ1n) is 9.56. The van der Waals surface area contributed by atoms with Crippen molar-refractivity contribution in [3.63, 3.8) is 0 Å². The molecule has 0 spiro atoms. The zero-order chi connectivity index (χ0) is 20.4. The summed E-state index contributed by atoms with van der Waals surface area (Å²) < 4.78 is 27.2. The molecule has 0 aromatic heterocycles. The number of nitrogens with one attached hydrogen (secondary N) is 2. The molecule has 156 valence electrons. The van der Waals surface area contributed by atoms with Gasteiger partial charge in [-0.05, 0) is 24.4 Å². The number of benzene rings is 1. The van der Waals surface area contributed by atoms with Crippen LogP contribution in [0, 0.1) is 5.92 Å². The Morgan fingerprint density at radius 1 is 1.32 bits per heavy atom. The highest BCUT2D eigenvalue weighted by molar-refractivity contribution is 7.32. The molecule has 0 radical (unpaired) electrons. The van der Waals surface area contributed by atoms with E-state index in [1.54, 1.807) is 0 Å². The molecule has 9 heteroatoms. The van der Waals surface area contributed by atoms with E-state index in [0.717, 1.165) is 12.1 Å². The Hall–Kier alpha value is -1.57. The molecule has 1 unspecified atom stereocenters. The van der Waals surface area contributed by atoms with Crippen molar-refractivity contribution in [2.45, 2.75) is 44.9 Å². The molecule has 0 aliphatic carbocycles. The number of amides is 1. The highest BCUT2D eigenvalue weighted by Crippen LogP contribution is 2.22. The van der Waals surface area contributed by atoms with Crippen LogP contribution in [0.2, 0.25) is 0 Å². The van der Waals surface area contributed by atoms with Gasteiger partial charge in [0, 0.05) is 17.5 Å². The smallest absolute Gasteiger partial charge is 0.444 e. The molecule has 1 amide bonds. The van der Waals surface area contributed by atoms with Crippen LogP contribution in [0.5, 0.6) is 0 Å². The third kappa shape index (κ3) is 8.63. The molecule has 1 aliphatic heterocycles. The number of carbonyl (C=O) groups is 1. The zero-order valence-corrected chi connectivity index (χ0v) is 17.3. The quantitative estimate of drug-likeness (QED) is 0.478. The standard InChI is InChI=1S/C19H29N2O6P/c1-14(2)11-20-12-18(27-28(23)24)17(10-15-6-4-3-5-7-15)21-19(22)26-16-8-9-25-13-16/h3-7,14,16-18,20H,8-13H2,1-2H3,(H-,21,22,23,24)/p+1/t16-,17-,18+/m0/s1. The maximum Gasteiger partial charge on any atom is 0.695 e. The predicted octanol–water partition coefficient (Wildman–Crippen LogP) is 2.39. The van der Waals surface area contributed by atoms with Gasteiger partial charge >= 0.3 is 14.3 Å². The third-order valence-electron chi connectivity index (χ3n) is 4.34. The first kappa shape index (κ1) is 22.7. The topological polar surface area (TPSA) is 106 Å². The van der Waals surface area contributed by atoms with Gasteiger partial charge in [0.2, 0.25) is 0 Å². The lowest BCUT2D eigenvalue weighted by Gasteiger charge is -2.25. The molecule has 1 heterocycles. The van der Waals surface area contributed by atoms with Gasteiger partial charge in [0.05, 0.1) is 19.3 Å². The molecule has 0 saturated carbocycles. The van der Waals surface area contributed by atoms with Crippen molar-refractivity contribution in [1.29, 1.82) is 0 Å². The molecule has 4 atom stereocenters. The second-order valence-corrected chi connectivity index (χ2v) is 7.95. The molecule has 3 N–H and O–H groups in total. The van der Waals surface area contributed by atoms with Crippen molar-refractivity contribution < 1.29 is 28.3 Å². The first-order chi connectivity index (χ1) is 13.4. The minimum absolute atomic E-state index is 0.273. The number of hydrogen-bond acceptors (Lipinski definition) is 6. The van der Waals surface area contributed by atoms with Crippen molar-refractivity contribution in [1.82, 2.24) is 10.6 Å². The van der Waals surface area contributed by atoms with Gasteiger partial charge in [-0.1, -0.05) is 44.2 Å². The molecule has 1 aromatic rings. The van der Waals surface area contributed by atoms with Crippen molar-refractivity contribution in [3.05, 3.63) is 35.9 Å². The minimum Gasteiger partial charge on any atom is -0.444 e. The van der Waals surface area contributed by atoms with Crippen LogP contribution in [-0.4, -0.2) is 55.5 Å². The molecule has 1 aromatic carbocycles. The van der Waals surface area contributed by atoms with Crippen LogP contribution in [0.3, 0.4) is 0 Å². The predicted molar refractivity (Wildman–Crippen MR) is 105 cm³/mol. The Kier molecular flexibility index (Phi) is 9.81. The van der Waals surface area contributed by atoms with Gasteiger partial charge in [0.1, 0.15) is 12.2 Å². The highest BCUT2D eigenvalue weighted by Gasteiger charge is 2.33. The molecule has 1 fully saturated rings. The summed E-state index contributed by atoms with van der Waals surface area (Å²) in [4.78, 5) is 21.7. The fourth-order valence-corrected chi connectivity index (χ4v) is 3.42. The van der Waals surface area contributed by atoms with Crippen LogP contribution in [0.15, 0.2) is 30.3 Å². The SMILES string of the molecule is CC(C)CNC[C@@H](O[P+](=O)O)[C@H](Cc1ccccc1)NC(=O)O[C@H]1CCOC1. The second kappa shape index (κ2) is 12.1. The summed E-state index contributed by atoms with van der Waals surface area (Å²) in [5.41, 5.74) is 0.975. The van der Waals surface area contributed by atoms with Gasteiger partial charge in [-0.25, -0.2) is 4.79 Å².